The Hall–Kier alpha value is -1.77. The van der Waals surface area contributed by atoms with E-state index in [0.717, 1.165) is 31.4 Å². The van der Waals surface area contributed by atoms with Crippen LogP contribution < -0.4 is 4.74 Å². The fourth-order valence-corrected chi connectivity index (χ4v) is 2.85. The van der Waals surface area contributed by atoms with Crippen LogP contribution in [0, 0.1) is 0 Å². The molecule has 0 aromatic heterocycles. The summed E-state index contributed by atoms with van der Waals surface area (Å²) in [6, 6.07) is 8.30. The van der Waals surface area contributed by atoms with Crippen LogP contribution in [0.5, 0.6) is 5.75 Å². The molecule has 0 bridgehead atoms. The van der Waals surface area contributed by atoms with Gasteiger partial charge in [0.2, 0.25) is 0 Å². The van der Waals surface area contributed by atoms with Crippen molar-refractivity contribution in [3.05, 3.63) is 42.5 Å². The predicted octanol–water partition coefficient (Wildman–Crippen LogP) is 4.23. The van der Waals surface area contributed by atoms with Crippen LogP contribution in [0.4, 0.5) is 0 Å². The van der Waals surface area contributed by atoms with Crippen LogP contribution in [0.3, 0.4) is 0 Å². The lowest BCUT2D eigenvalue weighted by molar-refractivity contribution is -0.150. The first-order valence-corrected chi connectivity index (χ1v) is 7.67. The zero-order chi connectivity index (χ0) is 15.1. The summed E-state index contributed by atoms with van der Waals surface area (Å²) in [5.41, 5.74) is 1.35. The molecule has 0 spiro atoms. The Morgan fingerprint density at radius 3 is 2.48 bits per heavy atom. The SMILES string of the molecule is C=CCCC(=O)OC1CCC(c2ccc(OC)cc2)CC1. The number of carbonyl (C=O) groups excluding carboxylic acids is 1. The van der Waals surface area contributed by atoms with E-state index in [-0.39, 0.29) is 12.1 Å². The normalized spacial score (nSPS) is 21.6. The molecule has 0 radical (unpaired) electrons. The zero-order valence-electron chi connectivity index (χ0n) is 12.7. The molecule has 0 unspecified atom stereocenters. The minimum atomic E-state index is -0.0946. The van der Waals surface area contributed by atoms with Crippen molar-refractivity contribution in [3.63, 3.8) is 0 Å². The van der Waals surface area contributed by atoms with Crippen molar-refractivity contribution in [2.75, 3.05) is 7.11 Å². The van der Waals surface area contributed by atoms with E-state index in [2.05, 4.69) is 18.7 Å². The van der Waals surface area contributed by atoms with Gasteiger partial charge in [-0.2, -0.15) is 0 Å². The predicted molar refractivity (Wildman–Crippen MR) is 83.5 cm³/mol. The third-order valence-electron chi connectivity index (χ3n) is 4.11. The van der Waals surface area contributed by atoms with E-state index in [0.29, 0.717) is 18.8 Å². The molecule has 2 rings (SSSR count). The minimum absolute atomic E-state index is 0.0943. The summed E-state index contributed by atoms with van der Waals surface area (Å²) in [6.07, 6.45) is 7.05. The second kappa shape index (κ2) is 7.87. The average Bonchev–Trinajstić information content (AvgIpc) is 2.54. The van der Waals surface area contributed by atoms with Gasteiger partial charge < -0.3 is 9.47 Å². The van der Waals surface area contributed by atoms with Gasteiger partial charge in [0, 0.05) is 6.42 Å². The summed E-state index contributed by atoms with van der Waals surface area (Å²) >= 11 is 0. The molecule has 1 saturated carbocycles. The number of hydrogen-bond donors (Lipinski definition) is 0. The molecule has 0 saturated heterocycles. The second-order valence-corrected chi connectivity index (χ2v) is 5.56. The van der Waals surface area contributed by atoms with Crippen molar-refractivity contribution >= 4 is 5.97 Å². The quantitative estimate of drug-likeness (QED) is 0.580. The highest BCUT2D eigenvalue weighted by Crippen LogP contribution is 2.34. The van der Waals surface area contributed by atoms with Crippen molar-refractivity contribution in [2.45, 2.75) is 50.5 Å². The second-order valence-electron chi connectivity index (χ2n) is 5.56. The molecular weight excluding hydrogens is 264 g/mol. The van der Waals surface area contributed by atoms with E-state index < -0.39 is 0 Å². The lowest BCUT2D eigenvalue weighted by Gasteiger charge is -2.28. The molecule has 0 aliphatic heterocycles. The van der Waals surface area contributed by atoms with Gasteiger partial charge >= 0.3 is 5.97 Å². The molecule has 1 aliphatic carbocycles. The van der Waals surface area contributed by atoms with Crippen molar-refractivity contribution in [1.82, 2.24) is 0 Å². The highest BCUT2D eigenvalue weighted by Gasteiger charge is 2.24. The topological polar surface area (TPSA) is 35.5 Å². The first-order chi connectivity index (χ1) is 10.2. The van der Waals surface area contributed by atoms with Crippen molar-refractivity contribution < 1.29 is 14.3 Å². The number of benzene rings is 1. The lowest BCUT2D eigenvalue weighted by atomic mass is 9.83. The molecule has 1 aromatic rings. The van der Waals surface area contributed by atoms with Gasteiger partial charge in [0.05, 0.1) is 7.11 Å². The smallest absolute Gasteiger partial charge is 0.306 e. The maximum absolute atomic E-state index is 11.6. The summed E-state index contributed by atoms with van der Waals surface area (Å²) in [6.45, 7) is 3.62. The van der Waals surface area contributed by atoms with Gasteiger partial charge in [-0.15, -0.1) is 6.58 Å². The average molecular weight is 288 g/mol. The number of ether oxygens (including phenoxy) is 2. The van der Waals surface area contributed by atoms with E-state index >= 15 is 0 Å². The first-order valence-electron chi connectivity index (χ1n) is 7.67. The Bertz CT molecular complexity index is 456. The summed E-state index contributed by atoms with van der Waals surface area (Å²) < 4.78 is 10.7. The standard InChI is InChI=1S/C18H24O3/c1-3-4-5-18(19)21-17-12-8-15(9-13-17)14-6-10-16(20-2)11-7-14/h3,6-7,10-11,15,17H,1,4-5,8-9,12-13H2,2H3. The van der Waals surface area contributed by atoms with Gasteiger partial charge in [-0.1, -0.05) is 18.2 Å². The molecule has 114 valence electrons. The molecule has 0 atom stereocenters. The Kier molecular flexibility index (Phi) is 5.85. The number of allylic oxidation sites excluding steroid dienone is 1. The van der Waals surface area contributed by atoms with Gasteiger partial charge in [0.25, 0.3) is 0 Å². The molecule has 1 fully saturated rings. The summed E-state index contributed by atoms with van der Waals surface area (Å²) in [5.74, 6) is 1.37. The Balaban J connectivity index is 1.79. The van der Waals surface area contributed by atoms with Gasteiger partial charge in [-0.25, -0.2) is 0 Å². The van der Waals surface area contributed by atoms with Crippen LogP contribution in [-0.4, -0.2) is 19.2 Å². The number of rotatable bonds is 6. The van der Waals surface area contributed by atoms with Crippen molar-refractivity contribution in [3.8, 4) is 5.75 Å². The number of esters is 1. The third kappa shape index (κ3) is 4.62. The van der Waals surface area contributed by atoms with Gasteiger partial charge in [0.15, 0.2) is 0 Å². The van der Waals surface area contributed by atoms with E-state index in [9.17, 15) is 4.79 Å². The number of methoxy groups -OCH3 is 1. The van der Waals surface area contributed by atoms with Crippen LogP contribution >= 0.6 is 0 Å². The Morgan fingerprint density at radius 2 is 1.90 bits per heavy atom. The fraction of sp³-hybridized carbons (Fsp3) is 0.500. The highest BCUT2D eigenvalue weighted by atomic mass is 16.5. The molecule has 21 heavy (non-hydrogen) atoms. The molecule has 3 nitrogen and oxygen atoms in total. The number of carbonyl (C=O) groups is 1. The molecular formula is C18H24O3. The first kappa shape index (κ1) is 15.6. The summed E-state index contributed by atoms with van der Waals surface area (Å²) in [4.78, 5) is 11.6. The van der Waals surface area contributed by atoms with Crippen molar-refractivity contribution in [2.24, 2.45) is 0 Å². The fourth-order valence-electron chi connectivity index (χ4n) is 2.85. The van der Waals surface area contributed by atoms with Crippen LogP contribution in [0.25, 0.3) is 0 Å². The maximum atomic E-state index is 11.6. The lowest BCUT2D eigenvalue weighted by Crippen LogP contribution is -2.23. The third-order valence-corrected chi connectivity index (χ3v) is 4.11. The van der Waals surface area contributed by atoms with Crippen molar-refractivity contribution in [1.29, 1.82) is 0 Å². The van der Waals surface area contributed by atoms with E-state index in [1.54, 1.807) is 13.2 Å². The number of hydrogen-bond acceptors (Lipinski definition) is 3. The van der Waals surface area contributed by atoms with Crippen LogP contribution in [-0.2, 0) is 9.53 Å². The minimum Gasteiger partial charge on any atom is -0.497 e. The van der Waals surface area contributed by atoms with E-state index in [1.807, 2.05) is 12.1 Å². The van der Waals surface area contributed by atoms with Gasteiger partial charge in [0.1, 0.15) is 11.9 Å². The monoisotopic (exact) mass is 288 g/mol. The van der Waals surface area contributed by atoms with Crippen LogP contribution in [0.2, 0.25) is 0 Å². The molecule has 1 aliphatic rings. The Labute approximate surface area is 127 Å². The van der Waals surface area contributed by atoms with E-state index in [1.165, 1.54) is 5.56 Å². The van der Waals surface area contributed by atoms with Gasteiger partial charge in [-0.05, 0) is 55.7 Å². The molecule has 0 heterocycles. The highest BCUT2D eigenvalue weighted by molar-refractivity contribution is 5.69. The molecule has 3 heteroatoms. The van der Waals surface area contributed by atoms with Crippen LogP contribution in [0.15, 0.2) is 36.9 Å². The summed E-state index contributed by atoms with van der Waals surface area (Å²) in [5, 5.41) is 0. The maximum Gasteiger partial charge on any atom is 0.306 e. The van der Waals surface area contributed by atoms with Gasteiger partial charge in [-0.3, -0.25) is 4.79 Å². The van der Waals surface area contributed by atoms with Crippen LogP contribution in [0.1, 0.15) is 50.0 Å². The molecule has 0 N–H and O–H groups in total. The Morgan fingerprint density at radius 1 is 1.24 bits per heavy atom. The molecule has 0 amide bonds. The largest absolute Gasteiger partial charge is 0.497 e. The zero-order valence-corrected chi connectivity index (χ0v) is 12.7. The van der Waals surface area contributed by atoms with E-state index in [4.69, 9.17) is 9.47 Å². The summed E-state index contributed by atoms with van der Waals surface area (Å²) in [7, 11) is 1.68. The molecule has 1 aromatic carbocycles.